The van der Waals surface area contributed by atoms with E-state index in [1.165, 1.54) is 12.8 Å². The van der Waals surface area contributed by atoms with Gasteiger partial charge >= 0.3 is 0 Å². The monoisotopic (exact) mass is 387 g/mol. The average Bonchev–Trinajstić information content (AvgIpc) is 3.01. The number of benzene rings is 1. The second-order valence-corrected chi connectivity index (χ2v) is 7.54. The summed E-state index contributed by atoms with van der Waals surface area (Å²) in [6, 6.07) is 8.26. The van der Waals surface area contributed by atoms with Crippen molar-refractivity contribution >= 4 is 17.7 Å². The van der Waals surface area contributed by atoms with E-state index in [1.54, 1.807) is 24.3 Å². The second-order valence-electron chi connectivity index (χ2n) is 7.54. The van der Waals surface area contributed by atoms with Crippen LogP contribution in [0.1, 0.15) is 62.7 Å². The molecule has 0 saturated carbocycles. The summed E-state index contributed by atoms with van der Waals surface area (Å²) in [5.74, 6) is -0.409. The fraction of sp³-hybridized carbons (Fsp3) is 0.591. The van der Waals surface area contributed by atoms with Crippen LogP contribution in [0.15, 0.2) is 30.3 Å². The molecule has 1 aromatic carbocycles. The van der Waals surface area contributed by atoms with Crippen molar-refractivity contribution in [2.75, 3.05) is 19.6 Å². The third-order valence-electron chi connectivity index (χ3n) is 5.41. The fourth-order valence-electron chi connectivity index (χ4n) is 3.40. The highest BCUT2D eigenvalue weighted by atomic mass is 16.2. The van der Waals surface area contributed by atoms with Gasteiger partial charge in [0.1, 0.15) is 6.04 Å². The quantitative estimate of drug-likeness (QED) is 0.720. The van der Waals surface area contributed by atoms with E-state index >= 15 is 0 Å². The van der Waals surface area contributed by atoms with Gasteiger partial charge in [-0.15, -0.1) is 0 Å². The first-order valence-electron chi connectivity index (χ1n) is 10.4. The third-order valence-corrected chi connectivity index (χ3v) is 5.41. The van der Waals surface area contributed by atoms with E-state index in [2.05, 4.69) is 10.6 Å². The number of carbonyl (C=O) groups is 3. The molecule has 1 aromatic rings. The predicted octanol–water partition coefficient (Wildman–Crippen LogP) is 2.74. The molecule has 6 nitrogen and oxygen atoms in total. The maximum atomic E-state index is 12.7. The number of rotatable bonds is 8. The Labute approximate surface area is 168 Å². The van der Waals surface area contributed by atoms with Gasteiger partial charge in [0, 0.05) is 31.6 Å². The SMILES string of the molecule is CCC(C)C(NC(=O)c1ccccc1)C(=O)NCCC(=O)N1CCCCCC1. The summed E-state index contributed by atoms with van der Waals surface area (Å²) in [6.45, 7) is 5.85. The maximum Gasteiger partial charge on any atom is 0.251 e. The first-order valence-corrected chi connectivity index (χ1v) is 10.4. The predicted molar refractivity (Wildman–Crippen MR) is 110 cm³/mol. The maximum absolute atomic E-state index is 12.7. The van der Waals surface area contributed by atoms with Crippen molar-refractivity contribution in [2.24, 2.45) is 5.92 Å². The molecule has 2 unspecified atom stereocenters. The van der Waals surface area contributed by atoms with Crippen molar-refractivity contribution < 1.29 is 14.4 Å². The number of nitrogens with zero attached hydrogens (tertiary/aromatic N) is 1. The number of hydrogen-bond donors (Lipinski definition) is 2. The Morgan fingerprint density at radius 2 is 1.68 bits per heavy atom. The Morgan fingerprint density at radius 3 is 2.29 bits per heavy atom. The van der Waals surface area contributed by atoms with E-state index in [1.807, 2.05) is 24.8 Å². The van der Waals surface area contributed by atoms with Gasteiger partial charge in [-0.1, -0.05) is 51.3 Å². The molecule has 0 spiro atoms. The minimum atomic E-state index is -0.619. The Balaban J connectivity index is 1.86. The molecule has 0 bridgehead atoms. The lowest BCUT2D eigenvalue weighted by atomic mass is 9.97. The molecule has 1 aliphatic heterocycles. The van der Waals surface area contributed by atoms with Gasteiger partial charge in [0.05, 0.1) is 0 Å². The molecular formula is C22H33N3O3. The lowest BCUT2D eigenvalue weighted by Gasteiger charge is -2.24. The van der Waals surface area contributed by atoms with Crippen LogP contribution in [0, 0.1) is 5.92 Å². The standard InChI is InChI=1S/C22H33N3O3/c1-3-17(2)20(24-21(27)18-11-7-6-8-12-18)22(28)23-14-13-19(26)25-15-9-4-5-10-16-25/h6-8,11-12,17,20H,3-5,9-10,13-16H2,1-2H3,(H,23,28)(H,24,27). The first kappa shape index (κ1) is 21.9. The molecule has 6 heteroatoms. The van der Waals surface area contributed by atoms with Crippen molar-refractivity contribution in [3.05, 3.63) is 35.9 Å². The van der Waals surface area contributed by atoms with Crippen LogP contribution in [-0.4, -0.2) is 48.3 Å². The van der Waals surface area contributed by atoms with Gasteiger partial charge in [0.2, 0.25) is 11.8 Å². The summed E-state index contributed by atoms with van der Waals surface area (Å²) < 4.78 is 0. The van der Waals surface area contributed by atoms with Crippen molar-refractivity contribution in [1.82, 2.24) is 15.5 Å². The average molecular weight is 388 g/mol. The number of nitrogens with one attached hydrogen (secondary N) is 2. The topological polar surface area (TPSA) is 78.5 Å². The molecule has 0 radical (unpaired) electrons. The summed E-state index contributed by atoms with van der Waals surface area (Å²) in [6.07, 6.45) is 5.53. The molecule has 2 atom stereocenters. The van der Waals surface area contributed by atoms with Crippen LogP contribution in [-0.2, 0) is 9.59 Å². The Bertz CT molecular complexity index is 640. The lowest BCUT2D eigenvalue weighted by molar-refractivity contribution is -0.131. The molecule has 28 heavy (non-hydrogen) atoms. The molecule has 1 aliphatic rings. The highest BCUT2D eigenvalue weighted by Gasteiger charge is 2.26. The molecule has 1 heterocycles. The number of hydrogen-bond acceptors (Lipinski definition) is 3. The molecule has 154 valence electrons. The van der Waals surface area contributed by atoms with Gasteiger partial charge in [-0.3, -0.25) is 14.4 Å². The molecule has 2 N–H and O–H groups in total. The smallest absolute Gasteiger partial charge is 0.251 e. The van der Waals surface area contributed by atoms with Gasteiger partial charge in [-0.25, -0.2) is 0 Å². The summed E-state index contributed by atoms with van der Waals surface area (Å²) >= 11 is 0. The van der Waals surface area contributed by atoms with Crippen LogP contribution in [0.2, 0.25) is 0 Å². The van der Waals surface area contributed by atoms with E-state index in [0.29, 0.717) is 18.5 Å². The third kappa shape index (κ3) is 6.66. The minimum absolute atomic E-state index is 0.00558. The van der Waals surface area contributed by atoms with Gasteiger partial charge in [0.25, 0.3) is 5.91 Å². The van der Waals surface area contributed by atoms with Crippen LogP contribution in [0.4, 0.5) is 0 Å². The Hall–Kier alpha value is -2.37. The summed E-state index contributed by atoms with van der Waals surface area (Å²) in [7, 11) is 0. The normalized spacial score (nSPS) is 16.6. The van der Waals surface area contributed by atoms with Crippen molar-refractivity contribution in [3.63, 3.8) is 0 Å². The number of carbonyl (C=O) groups excluding carboxylic acids is 3. The van der Waals surface area contributed by atoms with Crippen LogP contribution < -0.4 is 10.6 Å². The minimum Gasteiger partial charge on any atom is -0.354 e. The van der Waals surface area contributed by atoms with E-state index in [9.17, 15) is 14.4 Å². The van der Waals surface area contributed by atoms with Gasteiger partial charge in [-0.05, 0) is 30.9 Å². The molecule has 0 aromatic heterocycles. The van der Waals surface area contributed by atoms with E-state index in [-0.39, 0.29) is 23.6 Å². The van der Waals surface area contributed by atoms with Gasteiger partial charge in [-0.2, -0.15) is 0 Å². The van der Waals surface area contributed by atoms with Crippen molar-refractivity contribution in [3.8, 4) is 0 Å². The molecule has 2 rings (SSSR count). The van der Waals surface area contributed by atoms with E-state index in [4.69, 9.17) is 0 Å². The van der Waals surface area contributed by atoms with Crippen LogP contribution >= 0.6 is 0 Å². The molecular weight excluding hydrogens is 354 g/mol. The van der Waals surface area contributed by atoms with E-state index in [0.717, 1.165) is 32.4 Å². The van der Waals surface area contributed by atoms with E-state index < -0.39 is 6.04 Å². The Kier molecular flexibility index (Phi) is 8.98. The van der Waals surface area contributed by atoms with Crippen LogP contribution in [0.3, 0.4) is 0 Å². The zero-order chi connectivity index (χ0) is 20.4. The lowest BCUT2D eigenvalue weighted by Crippen LogP contribution is -2.50. The highest BCUT2D eigenvalue weighted by molar-refractivity contribution is 5.97. The fourth-order valence-corrected chi connectivity index (χ4v) is 3.40. The zero-order valence-electron chi connectivity index (χ0n) is 17.1. The number of amides is 3. The molecule has 1 fully saturated rings. The summed E-state index contributed by atoms with van der Waals surface area (Å²) in [4.78, 5) is 39.4. The summed E-state index contributed by atoms with van der Waals surface area (Å²) in [5.41, 5.74) is 0.528. The second kappa shape index (κ2) is 11.5. The molecule has 0 aliphatic carbocycles. The van der Waals surface area contributed by atoms with Crippen LogP contribution in [0.5, 0.6) is 0 Å². The number of likely N-dealkylation sites (tertiary alicyclic amines) is 1. The van der Waals surface area contributed by atoms with Crippen molar-refractivity contribution in [1.29, 1.82) is 0 Å². The largest absolute Gasteiger partial charge is 0.354 e. The molecule has 1 saturated heterocycles. The van der Waals surface area contributed by atoms with Gasteiger partial charge < -0.3 is 15.5 Å². The van der Waals surface area contributed by atoms with Crippen LogP contribution in [0.25, 0.3) is 0 Å². The highest BCUT2D eigenvalue weighted by Crippen LogP contribution is 2.11. The zero-order valence-corrected chi connectivity index (χ0v) is 17.1. The first-order chi connectivity index (χ1) is 13.5. The summed E-state index contributed by atoms with van der Waals surface area (Å²) in [5, 5.41) is 5.69. The van der Waals surface area contributed by atoms with Crippen molar-refractivity contribution in [2.45, 2.75) is 58.4 Å². The van der Waals surface area contributed by atoms with Gasteiger partial charge in [0.15, 0.2) is 0 Å². The molecule has 3 amide bonds. The Morgan fingerprint density at radius 1 is 1.04 bits per heavy atom.